The van der Waals surface area contributed by atoms with Crippen LogP contribution in [0, 0.1) is 5.41 Å². The minimum absolute atomic E-state index is 0.0149. The van der Waals surface area contributed by atoms with Crippen molar-refractivity contribution < 1.29 is 13.2 Å². The zero-order chi connectivity index (χ0) is 18.0. The molecule has 0 heterocycles. The first-order valence-corrected chi connectivity index (χ1v) is 9.14. The maximum atomic E-state index is 12.4. The summed E-state index contributed by atoms with van der Waals surface area (Å²) in [6.45, 7) is 10.0. The first-order chi connectivity index (χ1) is 10.4. The van der Waals surface area contributed by atoms with Crippen LogP contribution in [-0.2, 0) is 14.8 Å². The van der Waals surface area contributed by atoms with E-state index in [-0.39, 0.29) is 28.2 Å². The Morgan fingerprint density at radius 2 is 1.57 bits per heavy atom. The molecule has 6 heteroatoms. The molecule has 0 fully saturated rings. The van der Waals surface area contributed by atoms with Crippen LogP contribution in [-0.4, -0.2) is 38.8 Å². The lowest BCUT2D eigenvalue weighted by Gasteiger charge is -2.29. The molecule has 0 spiro atoms. The number of hydrogen-bond acceptors (Lipinski definition) is 3. The summed E-state index contributed by atoms with van der Waals surface area (Å²) >= 11 is 0. The fourth-order valence-corrected chi connectivity index (χ4v) is 2.75. The van der Waals surface area contributed by atoms with Gasteiger partial charge in [-0.2, -0.15) is 0 Å². The molecule has 0 aliphatic rings. The van der Waals surface area contributed by atoms with Gasteiger partial charge < -0.3 is 5.32 Å². The maximum Gasteiger partial charge on any atom is 0.242 e. The summed E-state index contributed by atoms with van der Waals surface area (Å²) in [5, 5.41) is 3.02. The Labute approximate surface area is 140 Å². The van der Waals surface area contributed by atoms with E-state index in [0.717, 1.165) is 5.56 Å². The fraction of sp³-hybridized carbons (Fsp3) is 0.588. The number of carbonyl (C=O) groups is 1. The molecule has 0 aliphatic carbocycles. The third-order valence-electron chi connectivity index (χ3n) is 4.21. The van der Waals surface area contributed by atoms with E-state index in [1.54, 1.807) is 24.3 Å². The highest BCUT2D eigenvalue weighted by molar-refractivity contribution is 7.89. The second-order valence-electron chi connectivity index (χ2n) is 7.17. The summed E-state index contributed by atoms with van der Waals surface area (Å²) in [6.07, 6.45) is 0. The van der Waals surface area contributed by atoms with Crippen LogP contribution in [0.15, 0.2) is 29.2 Å². The normalized spacial score (nSPS) is 15.3. The SMILES string of the molecule is C[C@@H](C(=O)N[C@H](C)C(C)(C)C)c1ccc(S(=O)(=O)N(C)C)cc1. The number of benzene rings is 1. The van der Waals surface area contributed by atoms with Crippen molar-refractivity contribution in [3.8, 4) is 0 Å². The predicted molar refractivity (Wildman–Crippen MR) is 92.8 cm³/mol. The van der Waals surface area contributed by atoms with E-state index in [2.05, 4.69) is 26.1 Å². The second kappa shape index (κ2) is 7.01. The Balaban J connectivity index is 2.90. The lowest BCUT2D eigenvalue weighted by molar-refractivity contribution is -0.123. The number of amides is 1. The Bertz CT molecular complexity index is 643. The Kier molecular flexibility index (Phi) is 5.99. The minimum Gasteiger partial charge on any atom is -0.353 e. The van der Waals surface area contributed by atoms with Gasteiger partial charge in [0.1, 0.15) is 0 Å². The number of hydrogen-bond donors (Lipinski definition) is 1. The van der Waals surface area contributed by atoms with Gasteiger partial charge in [0, 0.05) is 20.1 Å². The summed E-state index contributed by atoms with van der Waals surface area (Å²) < 4.78 is 25.3. The first-order valence-electron chi connectivity index (χ1n) is 7.70. The van der Waals surface area contributed by atoms with E-state index >= 15 is 0 Å². The van der Waals surface area contributed by atoms with Crippen LogP contribution in [0.2, 0.25) is 0 Å². The lowest BCUT2D eigenvalue weighted by atomic mass is 9.87. The van der Waals surface area contributed by atoms with Gasteiger partial charge in [-0.25, -0.2) is 12.7 Å². The van der Waals surface area contributed by atoms with Gasteiger partial charge in [0.15, 0.2) is 0 Å². The molecule has 5 nitrogen and oxygen atoms in total. The van der Waals surface area contributed by atoms with Crippen LogP contribution in [0.4, 0.5) is 0 Å². The molecule has 1 N–H and O–H groups in total. The third-order valence-corrected chi connectivity index (χ3v) is 6.04. The molecule has 130 valence electrons. The summed E-state index contributed by atoms with van der Waals surface area (Å²) in [5.74, 6) is -0.397. The number of nitrogens with zero attached hydrogens (tertiary/aromatic N) is 1. The smallest absolute Gasteiger partial charge is 0.242 e. The Morgan fingerprint density at radius 1 is 1.09 bits per heavy atom. The monoisotopic (exact) mass is 340 g/mol. The molecule has 0 unspecified atom stereocenters. The summed E-state index contributed by atoms with van der Waals surface area (Å²) in [4.78, 5) is 12.6. The van der Waals surface area contributed by atoms with Crippen LogP contribution >= 0.6 is 0 Å². The molecule has 1 aromatic rings. The van der Waals surface area contributed by atoms with Crippen molar-refractivity contribution in [2.45, 2.75) is 51.5 Å². The molecule has 0 radical (unpaired) electrons. The predicted octanol–water partition coefficient (Wildman–Crippen LogP) is 2.59. The largest absolute Gasteiger partial charge is 0.353 e. The van der Waals surface area contributed by atoms with E-state index in [1.807, 2.05) is 13.8 Å². The molecule has 1 aromatic carbocycles. The van der Waals surface area contributed by atoms with Gasteiger partial charge in [0.2, 0.25) is 15.9 Å². The van der Waals surface area contributed by atoms with Gasteiger partial charge in [-0.05, 0) is 37.0 Å². The highest BCUT2D eigenvalue weighted by Crippen LogP contribution is 2.22. The van der Waals surface area contributed by atoms with Crippen molar-refractivity contribution in [1.82, 2.24) is 9.62 Å². The Hall–Kier alpha value is -1.40. The van der Waals surface area contributed by atoms with Gasteiger partial charge in [-0.15, -0.1) is 0 Å². The van der Waals surface area contributed by atoms with Crippen molar-refractivity contribution in [3.63, 3.8) is 0 Å². The van der Waals surface area contributed by atoms with E-state index in [9.17, 15) is 13.2 Å². The molecule has 0 saturated heterocycles. The molecular formula is C17H28N2O3S. The van der Waals surface area contributed by atoms with Gasteiger partial charge in [-0.3, -0.25) is 4.79 Å². The van der Waals surface area contributed by atoms with Crippen molar-refractivity contribution >= 4 is 15.9 Å². The van der Waals surface area contributed by atoms with Crippen LogP contribution < -0.4 is 5.32 Å². The topological polar surface area (TPSA) is 66.5 Å². The minimum atomic E-state index is -3.45. The zero-order valence-electron chi connectivity index (χ0n) is 15.0. The summed E-state index contributed by atoms with van der Waals surface area (Å²) in [7, 11) is -0.459. The molecule has 1 rings (SSSR count). The maximum absolute atomic E-state index is 12.4. The van der Waals surface area contributed by atoms with Gasteiger partial charge in [0.05, 0.1) is 10.8 Å². The van der Waals surface area contributed by atoms with Crippen LogP contribution in [0.3, 0.4) is 0 Å². The zero-order valence-corrected chi connectivity index (χ0v) is 15.9. The second-order valence-corrected chi connectivity index (χ2v) is 9.33. The van der Waals surface area contributed by atoms with Gasteiger partial charge >= 0.3 is 0 Å². The van der Waals surface area contributed by atoms with Crippen LogP contribution in [0.5, 0.6) is 0 Å². The molecule has 0 bridgehead atoms. The highest BCUT2D eigenvalue weighted by atomic mass is 32.2. The highest BCUT2D eigenvalue weighted by Gasteiger charge is 2.25. The average Bonchev–Trinajstić information content (AvgIpc) is 2.45. The van der Waals surface area contributed by atoms with Crippen molar-refractivity contribution in [1.29, 1.82) is 0 Å². The van der Waals surface area contributed by atoms with Gasteiger partial charge in [0.25, 0.3) is 0 Å². The summed E-state index contributed by atoms with van der Waals surface area (Å²) in [6, 6.07) is 6.53. The summed E-state index contributed by atoms with van der Waals surface area (Å²) in [5.41, 5.74) is 0.778. The molecule has 23 heavy (non-hydrogen) atoms. The molecule has 2 atom stereocenters. The molecular weight excluding hydrogens is 312 g/mol. The molecule has 0 saturated carbocycles. The van der Waals surface area contributed by atoms with E-state index in [1.165, 1.54) is 18.4 Å². The van der Waals surface area contributed by atoms with Gasteiger partial charge in [-0.1, -0.05) is 32.9 Å². The average molecular weight is 340 g/mol. The van der Waals surface area contributed by atoms with E-state index < -0.39 is 10.0 Å². The lowest BCUT2D eigenvalue weighted by Crippen LogP contribution is -2.43. The van der Waals surface area contributed by atoms with Crippen molar-refractivity contribution in [3.05, 3.63) is 29.8 Å². The number of carbonyl (C=O) groups excluding carboxylic acids is 1. The van der Waals surface area contributed by atoms with E-state index in [4.69, 9.17) is 0 Å². The fourth-order valence-electron chi connectivity index (χ4n) is 1.85. The van der Waals surface area contributed by atoms with Crippen LogP contribution in [0.25, 0.3) is 0 Å². The number of sulfonamides is 1. The quantitative estimate of drug-likeness (QED) is 0.896. The molecule has 0 aromatic heterocycles. The molecule has 1 amide bonds. The number of rotatable bonds is 5. The number of nitrogens with one attached hydrogen (secondary N) is 1. The van der Waals surface area contributed by atoms with Crippen molar-refractivity contribution in [2.24, 2.45) is 5.41 Å². The third kappa shape index (κ3) is 4.78. The van der Waals surface area contributed by atoms with Crippen molar-refractivity contribution in [2.75, 3.05) is 14.1 Å². The van der Waals surface area contributed by atoms with Crippen LogP contribution in [0.1, 0.15) is 46.1 Å². The molecule has 0 aliphatic heterocycles. The Morgan fingerprint density at radius 3 is 1.96 bits per heavy atom. The van der Waals surface area contributed by atoms with E-state index in [0.29, 0.717) is 0 Å². The standard InChI is InChI=1S/C17H28N2O3S/c1-12(16(20)18-13(2)17(3,4)5)14-8-10-15(11-9-14)23(21,22)19(6)7/h8-13H,1-7H3,(H,18,20)/t12-,13-/m1/s1. The first kappa shape index (κ1) is 19.6.